The minimum Gasteiger partial charge on any atom is -0.481 e. The molecule has 37 heavy (non-hydrogen) atoms. The number of aromatic nitrogens is 2. The molecule has 1 amide bonds. The van der Waals surface area contributed by atoms with E-state index < -0.39 is 35.9 Å². The number of rotatable bonds is 10. The number of ether oxygens (including phenoxy) is 2. The lowest BCUT2D eigenvalue weighted by atomic mass is 9.91. The fourth-order valence-electron chi connectivity index (χ4n) is 4.57. The molecule has 4 atom stereocenters. The van der Waals surface area contributed by atoms with Gasteiger partial charge in [0, 0.05) is 36.8 Å². The third-order valence-electron chi connectivity index (χ3n) is 6.43. The molecule has 1 aliphatic heterocycles. The molecular formula is C27H30F2N4O4. The zero-order valence-electron chi connectivity index (χ0n) is 20.4. The van der Waals surface area contributed by atoms with E-state index in [0.717, 1.165) is 23.8 Å². The molecule has 1 saturated heterocycles. The molecule has 0 saturated carbocycles. The maximum Gasteiger partial charge on any atom is 0.220 e. The number of aliphatic hydroxyl groups excluding tert-OH is 1. The third-order valence-corrected chi connectivity index (χ3v) is 6.43. The second-order valence-electron chi connectivity index (χ2n) is 9.01. The lowest BCUT2D eigenvalue weighted by Crippen LogP contribution is -2.51. The zero-order valence-corrected chi connectivity index (χ0v) is 20.4. The van der Waals surface area contributed by atoms with E-state index in [1.807, 2.05) is 6.07 Å². The molecule has 0 unspecified atom stereocenters. The van der Waals surface area contributed by atoms with Gasteiger partial charge >= 0.3 is 0 Å². The lowest BCUT2D eigenvalue weighted by Gasteiger charge is -2.38. The first-order valence-electron chi connectivity index (χ1n) is 12.1. The van der Waals surface area contributed by atoms with Gasteiger partial charge < -0.3 is 25.6 Å². The second-order valence-corrected chi connectivity index (χ2v) is 9.01. The fraction of sp³-hybridized carbons (Fsp3) is 0.370. The maximum absolute atomic E-state index is 13.8. The van der Waals surface area contributed by atoms with E-state index in [0.29, 0.717) is 36.3 Å². The van der Waals surface area contributed by atoms with Crippen molar-refractivity contribution in [2.24, 2.45) is 5.73 Å². The summed E-state index contributed by atoms with van der Waals surface area (Å²) >= 11 is 0. The largest absolute Gasteiger partial charge is 0.481 e. The van der Waals surface area contributed by atoms with Crippen LogP contribution < -0.4 is 15.8 Å². The van der Waals surface area contributed by atoms with Gasteiger partial charge in [-0.1, -0.05) is 12.2 Å². The Morgan fingerprint density at radius 3 is 2.92 bits per heavy atom. The van der Waals surface area contributed by atoms with Crippen LogP contribution in [0.2, 0.25) is 0 Å². The Kier molecular flexibility index (Phi) is 8.75. The summed E-state index contributed by atoms with van der Waals surface area (Å²) in [6.45, 7) is 0.350. The number of aliphatic hydroxyl groups is 1. The van der Waals surface area contributed by atoms with Crippen molar-refractivity contribution in [2.45, 2.75) is 50.0 Å². The molecule has 3 heterocycles. The van der Waals surface area contributed by atoms with Gasteiger partial charge in [-0.15, -0.1) is 0 Å². The van der Waals surface area contributed by atoms with Crippen LogP contribution in [0.1, 0.15) is 30.4 Å². The highest BCUT2D eigenvalue weighted by molar-refractivity contribution is 5.78. The highest BCUT2D eigenvalue weighted by atomic mass is 19.1. The number of hydrogen-bond donors (Lipinski definition) is 3. The van der Waals surface area contributed by atoms with Crippen LogP contribution >= 0.6 is 0 Å². The first-order valence-corrected chi connectivity index (χ1v) is 12.1. The van der Waals surface area contributed by atoms with Crippen molar-refractivity contribution in [3.63, 3.8) is 0 Å². The van der Waals surface area contributed by atoms with Crippen molar-refractivity contribution in [3.8, 4) is 5.88 Å². The second kappa shape index (κ2) is 12.2. The average Bonchev–Trinajstić information content (AvgIpc) is 2.88. The highest BCUT2D eigenvalue weighted by Gasteiger charge is 2.35. The number of methoxy groups -OCH3 is 1. The van der Waals surface area contributed by atoms with Crippen molar-refractivity contribution in [1.82, 2.24) is 15.3 Å². The number of fused-ring (bicyclic) bond motifs is 1. The number of benzene rings is 1. The summed E-state index contributed by atoms with van der Waals surface area (Å²) in [5.74, 6) is -1.09. The van der Waals surface area contributed by atoms with Crippen molar-refractivity contribution in [2.75, 3.05) is 13.7 Å². The smallest absolute Gasteiger partial charge is 0.220 e. The van der Waals surface area contributed by atoms with Crippen LogP contribution in [0, 0.1) is 11.6 Å². The summed E-state index contributed by atoms with van der Waals surface area (Å²) in [7, 11) is 1.54. The topological polar surface area (TPSA) is 120 Å². The lowest BCUT2D eigenvalue weighted by molar-refractivity contribution is -0.136. The SMILES string of the molecule is COc1ccc2nccc(C[C@H](O)[C@@H]3CC[C@@H](NC/C=C/c4cc(F)ccc4F)[C@@H](CC(N)=O)O3)c2n1. The highest BCUT2D eigenvalue weighted by Crippen LogP contribution is 2.27. The van der Waals surface area contributed by atoms with Gasteiger partial charge in [0.25, 0.3) is 0 Å². The quantitative estimate of drug-likeness (QED) is 0.382. The van der Waals surface area contributed by atoms with E-state index in [9.17, 15) is 18.7 Å². The van der Waals surface area contributed by atoms with Crippen LogP contribution in [0.4, 0.5) is 8.78 Å². The van der Waals surface area contributed by atoms with Crippen LogP contribution in [0.15, 0.2) is 48.7 Å². The van der Waals surface area contributed by atoms with Crippen LogP contribution in [0.3, 0.4) is 0 Å². The Labute approximate surface area is 213 Å². The molecule has 0 aliphatic carbocycles. The summed E-state index contributed by atoms with van der Waals surface area (Å²) in [6, 6.07) is 8.40. The Morgan fingerprint density at radius 2 is 2.14 bits per heavy atom. The maximum atomic E-state index is 13.8. The molecule has 1 aliphatic rings. The molecule has 196 valence electrons. The van der Waals surface area contributed by atoms with Crippen LogP contribution in [-0.4, -0.2) is 59.0 Å². The number of halogens is 2. The van der Waals surface area contributed by atoms with E-state index >= 15 is 0 Å². The first kappa shape index (κ1) is 26.6. The normalized spacial score (nSPS) is 20.8. The van der Waals surface area contributed by atoms with Gasteiger partial charge in [-0.05, 0) is 48.7 Å². The van der Waals surface area contributed by atoms with Crippen LogP contribution in [0.5, 0.6) is 5.88 Å². The van der Waals surface area contributed by atoms with Crippen LogP contribution in [0.25, 0.3) is 17.1 Å². The molecule has 2 aromatic heterocycles. The number of nitrogens with zero attached hydrogens (tertiary/aromatic N) is 2. The summed E-state index contributed by atoms with van der Waals surface area (Å²) in [6.07, 6.45) is 4.40. The first-order chi connectivity index (χ1) is 17.8. The Hall–Kier alpha value is -3.47. The molecule has 1 fully saturated rings. The van der Waals surface area contributed by atoms with E-state index in [4.69, 9.17) is 15.2 Å². The molecule has 4 rings (SSSR count). The monoisotopic (exact) mass is 512 g/mol. The number of pyridine rings is 2. The number of carbonyl (C=O) groups excluding carboxylic acids is 1. The number of primary amides is 1. The number of carbonyl (C=O) groups is 1. The molecular weight excluding hydrogens is 482 g/mol. The Morgan fingerprint density at radius 1 is 1.30 bits per heavy atom. The average molecular weight is 513 g/mol. The Balaban J connectivity index is 1.39. The summed E-state index contributed by atoms with van der Waals surface area (Å²) in [5, 5.41) is 14.3. The minimum atomic E-state index is -0.842. The van der Waals surface area contributed by atoms with Gasteiger partial charge in [-0.2, -0.15) is 0 Å². The van der Waals surface area contributed by atoms with Gasteiger partial charge in [0.15, 0.2) is 0 Å². The van der Waals surface area contributed by atoms with Gasteiger partial charge in [0.1, 0.15) is 11.6 Å². The van der Waals surface area contributed by atoms with E-state index in [-0.39, 0.29) is 24.4 Å². The van der Waals surface area contributed by atoms with E-state index in [1.54, 1.807) is 24.4 Å². The zero-order chi connectivity index (χ0) is 26.4. The molecule has 0 spiro atoms. The van der Waals surface area contributed by atoms with Gasteiger partial charge in [0.05, 0.1) is 42.9 Å². The summed E-state index contributed by atoms with van der Waals surface area (Å²) in [5.41, 5.74) is 7.75. The van der Waals surface area contributed by atoms with Crippen molar-refractivity contribution in [1.29, 1.82) is 0 Å². The Bertz CT molecular complexity index is 1270. The van der Waals surface area contributed by atoms with Gasteiger partial charge in [-0.3, -0.25) is 9.78 Å². The molecule has 1 aromatic carbocycles. The van der Waals surface area contributed by atoms with Gasteiger partial charge in [0.2, 0.25) is 11.8 Å². The molecule has 8 nitrogen and oxygen atoms in total. The molecule has 4 N–H and O–H groups in total. The number of hydrogen-bond acceptors (Lipinski definition) is 7. The molecule has 0 bridgehead atoms. The van der Waals surface area contributed by atoms with Crippen molar-refractivity contribution < 1.29 is 28.2 Å². The fourth-order valence-corrected chi connectivity index (χ4v) is 4.57. The minimum absolute atomic E-state index is 0.0138. The standard InChI is InChI=1S/C27H30F2N4O4/c1-36-26-9-7-21-27(33-26)17(10-12-32-21)14-22(34)23-8-6-20(24(37-23)15-25(30)35)31-11-2-3-16-13-18(28)4-5-19(16)29/h2-5,7,9-10,12-13,20,22-24,31,34H,6,8,11,14-15H2,1H3,(H2,30,35)/b3-2+/t20-,22+,23+,24-/m1/s1. The third kappa shape index (κ3) is 6.85. The predicted octanol–water partition coefficient (Wildman–Crippen LogP) is 2.91. The molecule has 10 heteroatoms. The number of nitrogens with one attached hydrogen (secondary N) is 1. The van der Waals surface area contributed by atoms with Crippen LogP contribution in [-0.2, 0) is 16.0 Å². The number of amides is 1. The predicted molar refractivity (Wildman–Crippen MR) is 135 cm³/mol. The number of nitrogens with two attached hydrogens (primary N) is 1. The van der Waals surface area contributed by atoms with E-state index in [1.165, 1.54) is 13.2 Å². The summed E-state index contributed by atoms with van der Waals surface area (Å²) < 4.78 is 38.5. The van der Waals surface area contributed by atoms with Crippen molar-refractivity contribution >= 4 is 23.0 Å². The molecule has 0 radical (unpaired) electrons. The molecule has 3 aromatic rings. The van der Waals surface area contributed by atoms with Crippen molar-refractivity contribution in [3.05, 3.63) is 71.4 Å². The summed E-state index contributed by atoms with van der Waals surface area (Å²) in [4.78, 5) is 20.5. The van der Waals surface area contributed by atoms with Gasteiger partial charge in [-0.25, -0.2) is 13.8 Å². The van der Waals surface area contributed by atoms with E-state index in [2.05, 4.69) is 15.3 Å².